The van der Waals surface area contributed by atoms with Crippen LogP contribution in [-0.4, -0.2) is 27.6 Å². The minimum Gasteiger partial charge on any atom is -0.325 e. The molecular weight excluding hydrogens is 324 g/mol. The van der Waals surface area contributed by atoms with Crippen molar-refractivity contribution in [1.29, 1.82) is 5.26 Å². The molecule has 0 aliphatic carbocycles. The summed E-state index contributed by atoms with van der Waals surface area (Å²) in [5.41, 5.74) is 1.24. The predicted octanol–water partition coefficient (Wildman–Crippen LogP) is 3.25. The van der Waals surface area contributed by atoms with E-state index in [2.05, 4.69) is 15.5 Å². The van der Waals surface area contributed by atoms with Gasteiger partial charge in [-0.25, -0.2) is 0 Å². The average molecular weight is 336 g/mol. The summed E-state index contributed by atoms with van der Waals surface area (Å²) < 4.78 is 1.67. The van der Waals surface area contributed by atoms with Crippen molar-refractivity contribution >= 4 is 46.5 Å². The van der Waals surface area contributed by atoms with E-state index in [0.717, 1.165) is 8.68 Å². The summed E-state index contributed by atoms with van der Waals surface area (Å²) in [6.45, 7) is 1.82. The van der Waals surface area contributed by atoms with Crippen LogP contribution in [0.2, 0.25) is 0 Å². The predicted molar refractivity (Wildman–Crippen MR) is 86.8 cm³/mol. The highest BCUT2D eigenvalue weighted by atomic mass is 32.2. The summed E-state index contributed by atoms with van der Waals surface area (Å²) >= 11 is 4.40. The lowest BCUT2D eigenvalue weighted by atomic mass is 10.2. The van der Waals surface area contributed by atoms with Gasteiger partial charge in [0.25, 0.3) is 0 Å². The molecule has 2 aromatic rings. The average Bonchev–Trinajstić information content (AvgIpc) is 2.95. The van der Waals surface area contributed by atoms with Crippen molar-refractivity contribution in [3.05, 3.63) is 29.8 Å². The van der Waals surface area contributed by atoms with Crippen LogP contribution in [0.1, 0.15) is 12.5 Å². The van der Waals surface area contributed by atoms with Gasteiger partial charge >= 0.3 is 0 Å². The first-order valence-corrected chi connectivity index (χ1v) is 8.89. The summed E-state index contributed by atoms with van der Waals surface area (Å²) in [7, 11) is 0. The maximum Gasteiger partial charge on any atom is 0.237 e. The molecule has 8 heteroatoms. The molecule has 1 atom stereocenters. The normalized spacial score (nSPS) is 11.7. The molecule has 1 N–H and O–H groups in total. The van der Waals surface area contributed by atoms with Crippen LogP contribution in [0.3, 0.4) is 0 Å². The van der Waals surface area contributed by atoms with Gasteiger partial charge in [-0.3, -0.25) is 4.79 Å². The largest absolute Gasteiger partial charge is 0.325 e. The van der Waals surface area contributed by atoms with Crippen molar-refractivity contribution in [3.63, 3.8) is 0 Å². The zero-order valence-electron chi connectivity index (χ0n) is 11.4. The molecule has 108 valence electrons. The minimum atomic E-state index is -0.275. The summed E-state index contributed by atoms with van der Waals surface area (Å²) in [5.74, 6) is -0.106. The van der Waals surface area contributed by atoms with Gasteiger partial charge in [0.1, 0.15) is 0 Å². The van der Waals surface area contributed by atoms with Crippen LogP contribution in [0, 0.1) is 11.3 Å². The molecule has 0 bridgehead atoms. The van der Waals surface area contributed by atoms with E-state index >= 15 is 0 Å². The third kappa shape index (κ3) is 4.46. The Labute approximate surface area is 135 Å². The number of amides is 1. The molecule has 2 rings (SSSR count). The number of rotatable bonds is 5. The smallest absolute Gasteiger partial charge is 0.237 e. The highest BCUT2D eigenvalue weighted by Gasteiger charge is 2.17. The van der Waals surface area contributed by atoms with Crippen LogP contribution in [0.5, 0.6) is 0 Å². The number of nitriles is 1. The summed E-state index contributed by atoms with van der Waals surface area (Å²) in [6.07, 6.45) is 1.94. The van der Waals surface area contributed by atoms with Crippen LogP contribution in [0.15, 0.2) is 32.9 Å². The molecule has 0 aliphatic heterocycles. The Bertz CT molecular complexity index is 663. The monoisotopic (exact) mass is 336 g/mol. The topological polar surface area (TPSA) is 78.7 Å². The van der Waals surface area contributed by atoms with E-state index in [9.17, 15) is 4.79 Å². The van der Waals surface area contributed by atoms with Crippen LogP contribution in [0.4, 0.5) is 5.69 Å². The Kier molecular flexibility index (Phi) is 5.61. The van der Waals surface area contributed by atoms with Gasteiger partial charge in [0, 0.05) is 5.69 Å². The molecular formula is C13H12N4OS3. The van der Waals surface area contributed by atoms with Crippen molar-refractivity contribution in [2.45, 2.75) is 20.9 Å². The molecule has 0 radical (unpaired) electrons. The fourth-order valence-corrected chi connectivity index (χ4v) is 3.99. The van der Waals surface area contributed by atoms with E-state index < -0.39 is 0 Å². The van der Waals surface area contributed by atoms with Gasteiger partial charge in [0.05, 0.1) is 16.9 Å². The first-order valence-electron chi connectivity index (χ1n) is 5.97. The molecule has 1 unspecified atom stereocenters. The number of thioether (sulfide) groups is 2. The highest BCUT2D eigenvalue weighted by molar-refractivity contribution is 8.03. The van der Waals surface area contributed by atoms with Gasteiger partial charge in [-0.15, -0.1) is 10.2 Å². The Balaban J connectivity index is 1.94. The second kappa shape index (κ2) is 7.45. The fraction of sp³-hybridized carbons (Fsp3) is 0.231. The lowest BCUT2D eigenvalue weighted by Gasteiger charge is -2.10. The van der Waals surface area contributed by atoms with Gasteiger partial charge in [-0.2, -0.15) is 5.26 Å². The number of nitrogens with one attached hydrogen (secondary N) is 1. The Morgan fingerprint density at radius 2 is 2.00 bits per heavy atom. The third-order valence-electron chi connectivity index (χ3n) is 2.49. The van der Waals surface area contributed by atoms with Gasteiger partial charge < -0.3 is 5.32 Å². The van der Waals surface area contributed by atoms with Crippen molar-refractivity contribution in [2.24, 2.45) is 0 Å². The molecule has 0 aliphatic rings. The molecule has 1 aromatic heterocycles. The standard InChI is InChI=1S/C13H12N4OS3/c1-8(20-13-17-16-12(19-2)21-13)11(18)15-10-5-3-9(7-14)4-6-10/h3-6,8H,1-2H3,(H,15,18). The van der Waals surface area contributed by atoms with Crippen molar-refractivity contribution in [1.82, 2.24) is 10.2 Å². The fourth-order valence-electron chi connectivity index (χ4n) is 1.40. The molecule has 1 heterocycles. The summed E-state index contributed by atoms with van der Waals surface area (Å²) in [6, 6.07) is 8.80. The number of hydrogen-bond acceptors (Lipinski definition) is 7. The Morgan fingerprint density at radius 3 is 2.57 bits per heavy atom. The van der Waals surface area contributed by atoms with Gasteiger partial charge in [-0.1, -0.05) is 34.9 Å². The summed E-state index contributed by atoms with van der Waals surface area (Å²) in [4.78, 5) is 12.1. The molecule has 1 amide bonds. The quantitative estimate of drug-likeness (QED) is 0.844. The van der Waals surface area contributed by atoms with Crippen molar-refractivity contribution in [2.75, 3.05) is 11.6 Å². The lowest BCUT2D eigenvalue weighted by molar-refractivity contribution is -0.115. The zero-order chi connectivity index (χ0) is 15.2. The van der Waals surface area contributed by atoms with E-state index in [1.165, 1.54) is 34.9 Å². The van der Waals surface area contributed by atoms with Gasteiger partial charge in [0.15, 0.2) is 8.68 Å². The molecule has 1 aromatic carbocycles. The number of hydrogen-bond donors (Lipinski definition) is 1. The zero-order valence-corrected chi connectivity index (χ0v) is 13.8. The van der Waals surface area contributed by atoms with E-state index in [-0.39, 0.29) is 11.2 Å². The van der Waals surface area contributed by atoms with Crippen LogP contribution >= 0.6 is 34.9 Å². The van der Waals surface area contributed by atoms with Gasteiger partial charge in [-0.05, 0) is 37.4 Å². The van der Waals surface area contributed by atoms with E-state index in [0.29, 0.717) is 11.3 Å². The molecule has 21 heavy (non-hydrogen) atoms. The summed E-state index contributed by atoms with van der Waals surface area (Å²) in [5, 5.41) is 19.3. The van der Waals surface area contributed by atoms with Crippen LogP contribution in [-0.2, 0) is 4.79 Å². The molecule has 0 fully saturated rings. The highest BCUT2D eigenvalue weighted by Crippen LogP contribution is 2.30. The van der Waals surface area contributed by atoms with Crippen molar-refractivity contribution in [3.8, 4) is 6.07 Å². The maximum absolute atomic E-state index is 12.1. The van der Waals surface area contributed by atoms with Crippen molar-refractivity contribution < 1.29 is 4.79 Å². The van der Waals surface area contributed by atoms with Crippen LogP contribution < -0.4 is 5.32 Å². The van der Waals surface area contributed by atoms with E-state index in [4.69, 9.17) is 5.26 Å². The Morgan fingerprint density at radius 1 is 1.33 bits per heavy atom. The van der Waals surface area contributed by atoms with E-state index in [1.807, 2.05) is 19.2 Å². The molecule has 0 saturated carbocycles. The van der Waals surface area contributed by atoms with Gasteiger partial charge in [0.2, 0.25) is 5.91 Å². The lowest BCUT2D eigenvalue weighted by Crippen LogP contribution is -2.22. The first kappa shape index (κ1) is 15.8. The number of benzene rings is 1. The first-order chi connectivity index (χ1) is 10.1. The van der Waals surface area contributed by atoms with E-state index in [1.54, 1.807) is 24.3 Å². The SMILES string of the molecule is CSc1nnc(SC(C)C(=O)Nc2ccc(C#N)cc2)s1. The number of anilines is 1. The number of nitrogens with zero attached hydrogens (tertiary/aromatic N) is 3. The number of carbonyl (C=O) groups is 1. The second-order valence-corrected chi connectivity index (χ2v) is 7.60. The maximum atomic E-state index is 12.1. The minimum absolute atomic E-state index is 0.106. The number of carbonyl (C=O) groups excluding carboxylic acids is 1. The second-order valence-electron chi connectivity index (χ2n) is 3.98. The number of aromatic nitrogens is 2. The molecule has 5 nitrogen and oxygen atoms in total. The Hall–Kier alpha value is -1.56. The third-order valence-corrected chi connectivity index (χ3v) is 5.57. The molecule has 0 saturated heterocycles. The van der Waals surface area contributed by atoms with Crippen LogP contribution in [0.25, 0.3) is 0 Å². The molecule has 0 spiro atoms.